The number of H-pyrrole nitrogens is 1. The van der Waals surface area contributed by atoms with Gasteiger partial charge in [0.2, 0.25) is 0 Å². The highest BCUT2D eigenvalue weighted by Gasteiger charge is 2.15. The quantitative estimate of drug-likeness (QED) is 0.543. The van der Waals surface area contributed by atoms with E-state index in [4.69, 9.17) is 5.26 Å². The highest BCUT2D eigenvalue weighted by atomic mass is 127. The zero-order valence-corrected chi connectivity index (χ0v) is 12.6. The predicted octanol–water partition coefficient (Wildman–Crippen LogP) is 3.94. The molecular weight excluding hydrogens is 371 g/mol. The van der Waals surface area contributed by atoms with Crippen molar-refractivity contribution in [1.82, 2.24) is 4.98 Å². The lowest BCUT2D eigenvalue weighted by Crippen LogP contribution is -1.98. The molecule has 3 aromatic rings. The fraction of sp³-hybridized carbons (Fsp3) is 0. The second-order valence-corrected chi connectivity index (χ2v) is 6.85. The molecule has 0 bridgehead atoms. The Morgan fingerprint density at radius 3 is 2.89 bits per heavy atom. The van der Waals surface area contributed by atoms with Gasteiger partial charge in [-0.1, -0.05) is 6.07 Å². The van der Waals surface area contributed by atoms with Gasteiger partial charge in [-0.3, -0.25) is 4.79 Å². The maximum Gasteiger partial charge on any atom is 0.196 e. The molecule has 19 heavy (non-hydrogen) atoms. The Bertz CT molecular complexity index is 825. The Kier molecular flexibility index (Phi) is 3.12. The molecule has 1 N–H and O–H groups in total. The van der Waals surface area contributed by atoms with Crippen LogP contribution in [-0.4, -0.2) is 10.8 Å². The van der Waals surface area contributed by atoms with Gasteiger partial charge < -0.3 is 4.98 Å². The van der Waals surface area contributed by atoms with E-state index in [0.717, 1.165) is 13.8 Å². The number of carbonyl (C=O) groups is 1. The number of aromatic amines is 1. The Morgan fingerprint density at radius 1 is 1.37 bits per heavy atom. The van der Waals surface area contributed by atoms with Crippen molar-refractivity contribution in [2.75, 3.05) is 0 Å². The van der Waals surface area contributed by atoms with Crippen LogP contribution in [0.1, 0.15) is 21.5 Å². The molecule has 0 aliphatic carbocycles. The molecule has 0 fully saturated rings. The van der Waals surface area contributed by atoms with Crippen LogP contribution in [0.2, 0.25) is 0 Å². The molecule has 1 aromatic carbocycles. The molecule has 92 valence electrons. The molecule has 3 rings (SSSR count). The van der Waals surface area contributed by atoms with Crippen LogP contribution in [-0.2, 0) is 0 Å². The number of ketones is 1. The molecule has 3 nitrogen and oxygen atoms in total. The maximum atomic E-state index is 12.4. The molecule has 0 aliphatic heterocycles. The van der Waals surface area contributed by atoms with E-state index < -0.39 is 0 Å². The summed E-state index contributed by atoms with van der Waals surface area (Å²) in [5, 5.41) is 11.6. The van der Waals surface area contributed by atoms with Gasteiger partial charge in [-0.15, -0.1) is 11.3 Å². The van der Waals surface area contributed by atoms with E-state index in [1.54, 1.807) is 29.7 Å². The molecule has 2 aromatic heterocycles. The SMILES string of the molecule is N#Cc1ccc2c(C(=O)c3csc(I)c3)c[nH]c2c1. The monoisotopic (exact) mass is 378 g/mol. The van der Waals surface area contributed by atoms with Crippen molar-refractivity contribution < 1.29 is 4.79 Å². The maximum absolute atomic E-state index is 12.4. The molecular formula is C14H7IN2OS. The molecule has 5 heteroatoms. The van der Waals surface area contributed by atoms with Gasteiger partial charge in [0.25, 0.3) is 0 Å². The van der Waals surface area contributed by atoms with Crippen LogP contribution in [0, 0.1) is 14.2 Å². The first-order valence-electron chi connectivity index (χ1n) is 5.49. The fourth-order valence-electron chi connectivity index (χ4n) is 1.97. The highest BCUT2D eigenvalue weighted by Crippen LogP contribution is 2.25. The van der Waals surface area contributed by atoms with Crippen molar-refractivity contribution in [2.24, 2.45) is 0 Å². The van der Waals surface area contributed by atoms with E-state index in [9.17, 15) is 4.79 Å². The number of halogens is 1. The average Bonchev–Trinajstić information content (AvgIpc) is 3.03. The summed E-state index contributed by atoms with van der Waals surface area (Å²) in [5.74, 6) is 0.00937. The first-order valence-corrected chi connectivity index (χ1v) is 7.45. The second-order valence-electron chi connectivity index (χ2n) is 4.04. The third-order valence-corrected chi connectivity index (χ3v) is 4.67. The number of nitrogens with one attached hydrogen (secondary N) is 1. The van der Waals surface area contributed by atoms with Crippen LogP contribution in [0.25, 0.3) is 10.9 Å². The smallest absolute Gasteiger partial charge is 0.196 e. The first-order chi connectivity index (χ1) is 9.19. The summed E-state index contributed by atoms with van der Waals surface area (Å²) in [4.78, 5) is 15.5. The van der Waals surface area contributed by atoms with Gasteiger partial charge in [-0.05, 0) is 40.8 Å². The van der Waals surface area contributed by atoms with E-state index in [1.165, 1.54) is 0 Å². The van der Waals surface area contributed by atoms with E-state index >= 15 is 0 Å². The van der Waals surface area contributed by atoms with Gasteiger partial charge in [0.15, 0.2) is 5.78 Å². The first kappa shape index (κ1) is 12.4. The van der Waals surface area contributed by atoms with E-state index in [1.807, 2.05) is 17.5 Å². The number of rotatable bonds is 2. The molecule has 0 saturated heterocycles. The Labute approximate surface area is 127 Å². The van der Waals surface area contributed by atoms with Gasteiger partial charge in [-0.25, -0.2) is 0 Å². The van der Waals surface area contributed by atoms with Gasteiger partial charge in [-0.2, -0.15) is 5.26 Å². The normalized spacial score (nSPS) is 10.5. The number of carbonyl (C=O) groups excluding carboxylic acids is 1. The number of fused-ring (bicyclic) bond motifs is 1. The summed E-state index contributed by atoms with van der Waals surface area (Å²) in [7, 11) is 0. The number of nitrogens with zero attached hydrogens (tertiary/aromatic N) is 1. The number of benzene rings is 1. The molecule has 0 unspecified atom stereocenters. The van der Waals surface area contributed by atoms with Crippen LogP contribution in [0.3, 0.4) is 0 Å². The van der Waals surface area contributed by atoms with Gasteiger partial charge in [0, 0.05) is 33.6 Å². The lowest BCUT2D eigenvalue weighted by atomic mass is 10.0. The molecule has 0 saturated carbocycles. The lowest BCUT2D eigenvalue weighted by molar-refractivity contribution is 0.104. The van der Waals surface area contributed by atoms with E-state index in [2.05, 4.69) is 33.6 Å². The van der Waals surface area contributed by atoms with Gasteiger partial charge in [0.1, 0.15) is 0 Å². The minimum atomic E-state index is 0.00937. The van der Waals surface area contributed by atoms with Crippen LogP contribution in [0.5, 0.6) is 0 Å². The highest BCUT2D eigenvalue weighted by molar-refractivity contribution is 14.1. The predicted molar refractivity (Wildman–Crippen MR) is 83.5 cm³/mol. The molecule has 0 aliphatic rings. The molecule has 2 heterocycles. The number of nitriles is 1. The second kappa shape index (κ2) is 4.79. The van der Waals surface area contributed by atoms with E-state index in [-0.39, 0.29) is 5.78 Å². The zero-order valence-electron chi connectivity index (χ0n) is 9.61. The summed E-state index contributed by atoms with van der Waals surface area (Å²) in [5.41, 5.74) is 2.75. The number of hydrogen-bond acceptors (Lipinski definition) is 3. The summed E-state index contributed by atoms with van der Waals surface area (Å²) in [6, 6.07) is 9.27. The molecule has 0 radical (unpaired) electrons. The van der Waals surface area contributed by atoms with Crippen LogP contribution in [0.15, 0.2) is 35.8 Å². The summed E-state index contributed by atoms with van der Waals surface area (Å²) in [6.45, 7) is 0. The van der Waals surface area contributed by atoms with Crippen molar-refractivity contribution in [3.63, 3.8) is 0 Å². The van der Waals surface area contributed by atoms with Crippen molar-refractivity contribution in [2.45, 2.75) is 0 Å². The van der Waals surface area contributed by atoms with Gasteiger partial charge in [0.05, 0.1) is 14.5 Å². The molecule has 0 spiro atoms. The summed E-state index contributed by atoms with van der Waals surface area (Å²) >= 11 is 3.76. The van der Waals surface area contributed by atoms with Crippen LogP contribution >= 0.6 is 33.9 Å². The largest absolute Gasteiger partial charge is 0.360 e. The van der Waals surface area contributed by atoms with Crippen molar-refractivity contribution in [3.05, 3.63) is 55.4 Å². The van der Waals surface area contributed by atoms with Crippen molar-refractivity contribution in [1.29, 1.82) is 5.26 Å². The minimum Gasteiger partial charge on any atom is -0.360 e. The van der Waals surface area contributed by atoms with Gasteiger partial charge >= 0.3 is 0 Å². The lowest BCUT2D eigenvalue weighted by Gasteiger charge is -1.96. The standard InChI is InChI=1S/C14H7IN2OS/c15-13-4-9(7-19-13)14(18)11-6-17-12-3-8(5-16)1-2-10(11)12/h1-4,6-7,17H. The number of hydrogen-bond donors (Lipinski definition) is 1. The van der Waals surface area contributed by atoms with Crippen LogP contribution in [0.4, 0.5) is 0 Å². The van der Waals surface area contributed by atoms with Crippen molar-refractivity contribution in [3.8, 4) is 6.07 Å². The van der Waals surface area contributed by atoms with Crippen LogP contribution < -0.4 is 0 Å². The van der Waals surface area contributed by atoms with E-state index in [0.29, 0.717) is 16.7 Å². The summed E-state index contributed by atoms with van der Waals surface area (Å²) < 4.78 is 1.09. The number of aromatic nitrogens is 1. The average molecular weight is 378 g/mol. The summed E-state index contributed by atoms with van der Waals surface area (Å²) in [6.07, 6.45) is 1.71. The van der Waals surface area contributed by atoms with Crippen molar-refractivity contribution >= 4 is 50.6 Å². The minimum absolute atomic E-state index is 0.00937. The Morgan fingerprint density at radius 2 is 2.21 bits per heavy atom. The fourth-order valence-corrected chi connectivity index (χ4v) is 3.29. The third-order valence-electron chi connectivity index (χ3n) is 2.89. The topological polar surface area (TPSA) is 56.6 Å². The Balaban J connectivity index is 2.11. The zero-order chi connectivity index (χ0) is 13.4. The Hall–Kier alpha value is -1.65. The molecule has 0 atom stereocenters. The third kappa shape index (κ3) is 2.17. The molecule has 0 amide bonds. The number of thiophene rings is 1.